The molecule has 1 aliphatic carbocycles. The molecule has 0 atom stereocenters. The number of rotatable bonds is 9. The lowest BCUT2D eigenvalue weighted by Crippen LogP contribution is -2.26. The highest BCUT2D eigenvalue weighted by molar-refractivity contribution is 7.13. The third-order valence-corrected chi connectivity index (χ3v) is 4.06. The van der Waals surface area contributed by atoms with Gasteiger partial charge in [-0.15, -0.1) is 11.3 Å². The molecule has 23 heavy (non-hydrogen) atoms. The molecule has 8 heteroatoms. The van der Waals surface area contributed by atoms with E-state index in [-0.39, 0.29) is 30.1 Å². The summed E-state index contributed by atoms with van der Waals surface area (Å²) in [4.78, 5) is 38.7. The lowest BCUT2D eigenvalue weighted by atomic mass is 10.3. The number of anilines is 1. The molecule has 2 rings (SSSR count). The van der Waals surface area contributed by atoms with E-state index in [0.29, 0.717) is 36.8 Å². The van der Waals surface area contributed by atoms with Crippen LogP contribution in [0.25, 0.3) is 0 Å². The zero-order valence-electron chi connectivity index (χ0n) is 13.1. The average Bonchev–Trinajstić information content (AvgIpc) is 3.27. The Labute approximate surface area is 138 Å². The van der Waals surface area contributed by atoms with Crippen molar-refractivity contribution in [1.29, 1.82) is 0 Å². The van der Waals surface area contributed by atoms with Gasteiger partial charge in [0, 0.05) is 24.3 Å². The number of nitrogens with one attached hydrogen (secondary N) is 2. The predicted octanol–water partition coefficient (Wildman–Crippen LogP) is 1.49. The van der Waals surface area contributed by atoms with Gasteiger partial charge in [0.25, 0.3) is 0 Å². The molecule has 1 aliphatic rings. The Hall–Kier alpha value is -1.96. The van der Waals surface area contributed by atoms with E-state index in [1.807, 2.05) is 0 Å². The molecule has 1 heterocycles. The summed E-state index contributed by atoms with van der Waals surface area (Å²) in [6.45, 7) is 2.59. The Kier molecular flexibility index (Phi) is 6.52. The topological polar surface area (TPSA) is 97.4 Å². The van der Waals surface area contributed by atoms with Crippen LogP contribution in [-0.4, -0.2) is 35.9 Å². The molecule has 0 bridgehead atoms. The molecule has 0 aliphatic heterocycles. The van der Waals surface area contributed by atoms with Gasteiger partial charge in [-0.1, -0.05) is 0 Å². The second-order valence-corrected chi connectivity index (χ2v) is 6.20. The molecular weight excluding hydrogens is 318 g/mol. The van der Waals surface area contributed by atoms with Crippen molar-refractivity contribution in [2.45, 2.75) is 39.0 Å². The third kappa shape index (κ3) is 6.35. The van der Waals surface area contributed by atoms with E-state index in [4.69, 9.17) is 4.74 Å². The van der Waals surface area contributed by atoms with E-state index in [0.717, 1.165) is 12.8 Å². The first-order valence-corrected chi connectivity index (χ1v) is 8.64. The van der Waals surface area contributed by atoms with Crippen LogP contribution in [-0.2, 0) is 25.5 Å². The Morgan fingerprint density at radius 1 is 1.39 bits per heavy atom. The average molecular weight is 339 g/mol. The summed E-state index contributed by atoms with van der Waals surface area (Å²) in [5.74, 6) is -0.198. The summed E-state index contributed by atoms with van der Waals surface area (Å²) in [5.41, 5.74) is 0.584. The van der Waals surface area contributed by atoms with Gasteiger partial charge in [-0.3, -0.25) is 14.4 Å². The highest BCUT2D eigenvalue weighted by Gasteiger charge is 2.28. The molecule has 1 aromatic rings. The summed E-state index contributed by atoms with van der Waals surface area (Å²) in [6, 6.07) is 0. The second-order valence-electron chi connectivity index (χ2n) is 5.34. The van der Waals surface area contributed by atoms with Crippen molar-refractivity contribution in [3.63, 3.8) is 0 Å². The van der Waals surface area contributed by atoms with Gasteiger partial charge in [0.15, 0.2) is 5.13 Å². The van der Waals surface area contributed by atoms with Crippen LogP contribution >= 0.6 is 11.3 Å². The van der Waals surface area contributed by atoms with E-state index in [1.54, 1.807) is 12.3 Å². The number of esters is 1. The standard InChI is InChI=1S/C15H21N3O4S/c1-2-22-13(20)8-11-9-23-15(17-11)18-12(19)4-3-7-16-14(21)10-5-6-10/h9-10H,2-8H2,1H3,(H,16,21)(H,17,18,19). The SMILES string of the molecule is CCOC(=O)Cc1csc(NC(=O)CCCNC(=O)C2CC2)n1. The molecule has 2 N–H and O–H groups in total. The van der Waals surface area contributed by atoms with Gasteiger partial charge in [-0.25, -0.2) is 4.98 Å². The van der Waals surface area contributed by atoms with Gasteiger partial charge in [0.05, 0.1) is 18.7 Å². The molecule has 0 radical (unpaired) electrons. The fourth-order valence-electron chi connectivity index (χ4n) is 1.94. The molecule has 0 spiro atoms. The van der Waals surface area contributed by atoms with Gasteiger partial charge in [0.1, 0.15) is 0 Å². The fourth-order valence-corrected chi connectivity index (χ4v) is 2.66. The van der Waals surface area contributed by atoms with Gasteiger partial charge in [0.2, 0.25) is 11.8 Å². The van der Waals surface area contributed by atoms with Gasteiger partial charge < -0.3 is 15.4 Å². The van der Waals surface area contributed by atoms with E-state index >= 15 is 0 Å². The van der Waals surface area contributed by atoms with Crippen LogP contribution in [0.3, 0.4) is 0 Å². The van der Waals surface area contributed by atoms with Gasteiger partial charge >= 0.3 is 5.97 Å². The molecule has 0 aromatic carbocycles. The maximum absolute atomic E-state index is 11.8. The van der Waals surface area contributed by atoms with Crippen molar-refractivity contribution in [3.8, 4) is 0 Å². The molecule has 7 nitrogen and oxygen atoms in total. The van der Waals surface area contributed by atoms with E-state index in [9.17, 15) is 14.4 Å². The number of carbonyl (C=O) groups is 3. The lowest BCUT2D eigenvalue weighted by Gasteiger charge is -2.04. The van der Waals surface area contributed by atoms with Crippen molar-refractivity contribution >= 4 is 34.3 Å². The number of ether oxygens (including phenoxy) is 1. The molecule has 1 aromatic heterocycles. The summed E-state index contributed by atoms with van der Waals surface area (Å²) in [7, 11) is 0. The smallest absolute Gasteiger partial charge is 0.311 e. The van der Waals surface area contributed by atoms with Crippen LogP contribution in [0.15, 0.2) is 5.38 Å². The summed E-state index contributed by atoms with van der Waals surface area (Å²) < 4.78 is 4.85. The van der Waals surface area contributed by atoms with Crippen molar-refractivity contribution in [1.82, 2.24) is 10.3 Å². The quantitative estimate of drug-likeness (QED) is 0.525. The van der Waals surface area contributed by atoms with E-state index in [2.05, 4.69) is 15.6 Å². The third-order valence-electron chi connectivity index (χ3n) is 3.26. The highest BCUT2D eigenvalue weighted by Crippen LogP contribution is 2.28. The number of carbonyl (C=O) groups excluding carboxylic acids is 3. The minimum absolute atomic E-state index is 0.0916. The number of amides is 2. The zero-order chi connectivity index (χ0) is 16.7. The van der Waals surface area contributed by atoms with Crippen LogP contribution in [0.1, 0.15) is 38.3 Å². The molecular formula is C15H21N3O4S. The summed E-state index contributed by atoms with van der Waals surface area (Å²) >= 11 is 1.27. The van der Waals surface area contributed by atoms with Crippen LogP contribution in [0.4, 0.5) is 5.13 Å². The Bertz CT molecular complexity index is 569. The molecule has 1 fully saturated rings. The maximum Gasteiger partial charge on any atom is 0.311 e. The Morgan fingerprint density at radius 3 is 2.87 bits per heavy atom. The number of hydrogen-bond donors (Lipinski definition) is 2. The summed E-state index contributed by atoms with van der Waals surface area (Å²) in [5, 5.41) is 7.71. The molecule has 0 saturated heterocycles. The van der Waals surface area contributed by atoms with E-state index < -0.39 is 0 Å². The highest BCUT2D eigenvalue weighted by atomic mass is 32.1. The largest absolute Gasteiger partial charge is 0.466 e. The fraction of sp³-hybridized carbons (Fsp3) is 0.600. The van der Waals surface area contributed by atoms with Crippen LogP contribution in [0, 0.1) is 5.92 Å². The number of aromatic nitrogens is 1. The first-order chi connectivity index (χ1) is 11.1. The lowest BCUT2D eigenvalue weighted by molar-refractivity contribution is -0.142. The maximum atomic E-state index is 11.8. The molecule has 2 amide bonds. The van der Waals surface area contributed by atoms with Gasteiger partial charge in [-0.2, -0.15) is 0 Å². The number of hydrogen-bond acceptors (Lipinski definition) is 6. The van der Waals surface area contributed by atoms with Crippen molar-refractivity contribution in [3.05, 3.63) is 11.1 Å². The van der Waals surface area contributed by atoms with Crippen LogP contribution in [0.2, 0.25) is 0 Å². The Morgan fingerprint density at radius 2 is 2.17 bits per heavy atom. The second kappa shape index (κ2) is 8.61. The monoisotopic (exact) mass is 339 g/mol. The summed E-state index contributed by atoms with van der Waals surface area (Å²) in [6.07, 6.45) is 2.96. The normalized spacial score (nSPS) is 13.4. The first-order valence-electron chi connectivity index (χ1n) is 7.76. The molecule has 1 saturated carbocycles. The number of thiazole rings is 1. The van der Waals surface area contributed by atoms with Crippen LogP contribution in [0.5, 0.6) is 0 Å². The van der Waals surface area contributed by atoms with Crippen LogP contribution < -0.4 is 10.6 Å². The number of nitrogens with zero attached hydrogens (tertiary/aromatic N) is 1. The molecule has 0 unspecified atom stereocenters. The predicted molar refractivity (Wildman–Crippen MR) is 86.0 cm³/mol. The molecule has 126 valence electrons. The van der Waals surface area contributed by atoms with E-state index in [1.165, 1.54) is 11.3 Å². The Balaban J connectivity index is 1.63. The zero-order valence-corrected chi connectivity index (χ0v) is 13.9. The van der Waals surface area contributed by atoms with Crippen molar-refractivity contribution in [2.24, 2.45) is 5.92 Å². The first kappa shape index (κ1) is 17.4. The van der Waals surface area contributed by atoms with Crippen molar-refractivity contribution < 1.29 is 19.1 Å². The minimum atomic E-state index is -0.331. The van der Waals surface area contributed by atoms with Crippen molar-refractivity contribution in [2.75, 3.05) is 18.5 Å². The van der Waals surface area contributed by atoms with Gasteiger partial charge in [-0.05, 0) is 26.2 Å². The minimum Gasteiger partial charge on any atom is -0.466 e.